The van der Waals surface area contributed by atoms with E-state index in [1.807, 2.05) is 30.3 Å². The summed E-state index contributed by atoms with van der Waals surface area (Å²) in [5.74, 6) is -0.148. The number of aldehydes is 1. The van der Waals surface area contributed by atoms with Gasteiger partial charge in [0.1, 0.15) is 12.4 Å². The molecule has 3 aromatic rings. The normalized spacial score (nSPS) is 21.7. The van der Waals surface area contributed by atoms with Gasteiger partial charge in [-0.15, -0.1) is 6.58 Å². The Hall–Kier alpha value is -3.98. The maximum absolute atomic E-state index is 13.7. The molecule has 1 heterocycles. The smallest absolute Gasteiger partial charge is 0.339 e. The second kappa shape index (κ2) is 10.3. The van der Waals surface area contributed by atoms with Crippen LogP contribution in [0.25, 0.3) is 21.5 Å². The lowest BCUT2D eigenvalue weighted by molar-refractivity contribution is -0.990. The van der Waals surface area contributed by atoms with Crippen LogP contribution in [0.1, 0.15) is 43.5 Å². The van der Waals surface area contributed by atoms with Crippen molar-refractivity contribution >= 4 is 39.5 Å². The van der Waals surface area contributed by atoms with Crippen molar-refractivity contribution in [1.82, 2.24) is 0 Å². The zero-order valence-corrected chi connectivity index (χ0v) is 22.0. The quantitative estimate of drug-likeness (QED) is 0.101. The molecule has 3 aromatic carbocycles. The number of ether oxygens (including phenoxy) is 3. The van der Waals surface area contributed by atoms with Gasteiger partial charge in [0.15, 0.2) is 17.2 Å². The van der Waals surface area contributed by atoms with Gasteiger partial charge in [-0.3, -0.25) is 4.79 Å². The highest BCUT2D eigenvalue weighted by atomic mass is 16.8. The molecule has 0 radical (unpaired) electrons. The summed E-state index contributed by atoms with van der Waals surface area (Å²) in [5, 5.41) is 23.5. The van der Waals surface area contributed by atoms with Crippen molar-refractivity contribution in [1.29, 1.82) is 0 Å². The lowest BCUT2D eigenvalue weighted by atomic mass is 9.64. The molecule has 0 amide bonds. The average molecular weight is 530 g/mol. The van der Waals surface area contributed by atoms with Crippen LogP contribution in [-0.4, -0.2) is 30.4 Å². The number of esters is 1. The van der Waals surface area contributed by atoms with E-state index >= 15 is 0 Å². The summed E-state index contributed by atoms with van der Waals surface area (Å²) in [4.78, 5) is 25.3. The van der Waals surface area contributed by atoms with Crippen LogP contribution in [0.15, 0.2) is 72.9 Å². The van der Waals surface area contributed by atoms with Crippen molar-refractivity contribution in [3.05, 3.63) is 83.6 Å². The molecule has 0 aromatic heterocycles. The molecule has 0 saturated carbocycles. The molecule has 0 fully saturated rings. The highest BCUT2D eigenvalue weighted by Gasteiger charge is 2.38. The van der Waals surface area contributed by atoms with Crippen LogP contribution in [0, 0.1) is 16.5 Å². The fourth-order valence-electron chi connectivity index (χ4n) is 6.01. The first-order valence-electron chi connectivity index (χ1n) is 12.9. The lowest BCUT2D eigenvalue weighted by Crippen LogP contribution is -2.99. The van der Waals surface area contributed by atoms with Gasteiger partial charge in [-0.1, -0.05) is 55.5 Å². The van der Waals surface area contributed by atoms with Crippen molar-refractivity contribution < 1.29 is 34.2 Å². The molecular formula is C31H31NO7. The molecular weight excluding hydrogens is 498 g/mol. The molecule has 202 valence electrons. The Morgan fingerprint density at radius 2 is 2.08 bits per heavy atom. The van der Waals surface area contributed by atoms with Crippen LogP contribution in [0.5, 0.6) is 11.5 Å². The van der Waals surface area contributed by atoms with Gasteiger partial charge < -0.3 is 19.4 Å². The van der Waals surface area contributed by atoms with Crippen LogP contribution in [0.2, 0.25) is 0 Å². The maximum atomic E-state index is 13.7. The van der Waals surface area contributed by atoms with Crippen LogP contribution < -0.4 is 14.7 Å². The number of benzene rings is 3. The Balaban J connectivity index is 1.54. The Morgan fingerprint density at radius 3 is 2.79 bits per heavy atom. The Labute approximate surface area is 226 Å². The van der Waals surface area contributed by atoms with Crippen LogP contribution >= 0.6 is 0 Å². The molecule has 4 atom stereocenters. The van der Waals surface area contributed by atoms with Crippen molar-refractivity contribution in [2.24, 2.45) is 11.3 Å². The summed E-state index contributed by atoms with van der Waals surface area (Å²) >= 11 is 0. The topological polar surface area (TPSA) is 110 Å². The minimum atomic E-state index is -1.17. The zero-order valence-electron chi connectivity index (χ0n) is 22.0. The van der Waals surface area contributed by atoms with Crippen molar-refractivity contribution in [3.8, 4) is 11.5 Å². The predicted octanol–water partition coefficient (Wildman–Crippen LogP) is 5.34. The number of rotatable bonds is 8. The largest absolute Gasteiger partial charge is 0.595 e. The molecule has 2 N–H and O–H groups in total. The van der Waals surface area contributed by atoms with E-state index in [1.54, 1.807) is 13.0 Å². The molecule has 4 unspecified atom stereocenters. The minimum absolute atomic E-state index is 0.0271. The van der Waals surface area contributed by atoms with Gasteiger partial charge in [0.25, 0.3) is 0 Å². The number of hydrogen-bond donors (Lipinski definition) is 2. The molecule has 0 bridgehead atoms. The molecule has 2 aliphatic rings. The van der Waals surface area contributed by atoms with E-state index in [1.165, 1.54) is 6.07 Å². The second-order valence-corrected chi connectivity index (χ2v) is 10.4. The molecule has 1 aliphatic heterocycles. The molecule has 5 rings (SSSR count). The first kappa shape index (κ1) is 26.6. The van der Waals surface area contributed by atoms with Gasteiger partial charge >= 0.3 is 5.97 Å². The second-order valence-electron chi connectivity index (χ2n) is 10.4. The van der Waals surface area contributed by atoms with Crippen LogP contribution in [0.3, 0.4) is 0 Å². The third-order valence-electron chi connectivity index (χ3n) is 7.85. The van der Waals surface area contributed by atoms with E-state index in [0.717, 1.165) is 30.1 Å². The third-order valence-corrected chi connectivity index (χ3v) is 7.85. The number of quaternary nitrogens is 1. The van der Waals surface area contributed by atoms with Crippen molar-refractivity contribution in [3.63, 3.8) is 0 Å². The SMILES string of the molecule is C=CC1(C)CCC=C(CC(C)OC(=O)c2cc3c(c4c2c([NH+]([O-])O)cc2ccccc24)OCO3)C1C(=C)C=O. The fourth-order valence-corrected chi connectivity index (χ4v) is 6.01. The molecule has 1 aliphatic carbocycles. The Bertz CT molecular complexity index is 1540. The summed E-state index contributed by atoms with van der Waals surface area (Å²) in [6.07, 6.45) is 6.20. The number of allylic oxidation sites excluding steroid dienone is 3. The number of nitrogens with one attached hydrogen (secondary N) is 1. The van der Waals surface area contributed by atoms with Gasteiger partial charge in [-0.05, 0) is 47.6 Å². The van der Waals surface area contributed by atoms with Crippen molar-refractivity contribution in [2.45, 2.75) is 39.2 Å². The first-order chi connectivity index (χ1) is 18.7. The first-order valence-corrected chi connectivity index (χ1v) is 12.9. The van der Waals surface area contributed by atoms with Crippen LogP contribution in [0.4, 0.5) is 5.69 Å². The summed E-state index contributed by atoms with van der Waals surface area (Å²) in [5.41, 5.74) is 1.15. The predicted molar refractivity (Wildman–Crippen MR) is 147 cm³/mol. The molecule has 0 saturated heterocycles. The summed E-state index contributed by atoms with van der Waals surface area (Å²) in [7, 11) is 0. The van der Waals surface area contributed by atoms with E-state index < -0.39 is 17.3 Å². The highest BCUT2D eigenvalue weighted by molar-refractivity contribution is 6.21. The molecule has 39 heavy (non-hydrogen) atoms. The standard InChI is InChI=1S/C31H31NO7/c1-5-31(4)12-8-10-21(28(31)18(2)16-33)13-19(3)39-30(34)23-15-25-29(38-17-37-25)27-22-11-7-6-9-20(22)14-24(26(23)27)32(35)36/h5-7,9-11,14-16,19,28,32,35H,1-2,8,12-13,17H2,3-4H3. The number of fused-ring (bicyclic) bond motifs is 5. The average Bonchev–Trinajstić information content (AvgIpc) is 3.40. The zero-order chi connectivity index (χ0) is 27.9. The minimum Gasteiger partial charge on any atom is -0.595 e. The summed E-state index contributed by atoms with van der Waals surface area (Å²) in [6, 6.07) is 10.4. The number of hydrogen-bond acceptors (Lipinski definition) is 7. The summed E-state index contributed by atoms with van der Waals surface area (Å²) < 4.78 is 17.3. The lowest BCUT2D eigenvalue weighted by Gasteiger charge is -2.40. The monoisotopic (exact) mass is 529 g/mol. The van der Waals surface area contributed by atoms with E-state index in [4.69, 9.17) is 14.2 Å². The van der Waals surface area contributed by atoms with Gasteiger partial charge in [0.05, 0.1) is 10.9 Å². The maximum Gasteiger partial charge on any atom is 0.339 e. The van der Waals surface area contributed by atoms with Gasteiger partial charge in [-0.2, -0.15) is 5.23 Å². The van der Waals surface area contributed by atoms with Gasteiger partial charge in [0.2, 0.25) is 6.79 Å². The third kappa shape index (κ3) is 4.61. The number of carbonyl (C=O) groups excluding carboxylic acids is 2. The molecule has 8 nitrogen and oxygen atoms in total. The molecule has 8 heteroatoms. The van der Waals surface area contributed by atoms with Crippen LogP contribution in [-0.2, 0) is 9.53 Å². The van der Waals surface area contributed by atoms with E-state index in [9.17, 15) is 20.0 Å². The van der Waals surface area contributed by atoms with Crippen molar-refractivity contribution in [2.75, 3.05) is 6.79 Å². The van der Waals surface area contributed by atoms with Gasteiger partial charge in [0, 0.05) is 23.8 Å². The van der Waals surface area contributed by atoms with E-state index in [0.29, 0.717) is 34.3 Å². The fraction of sp³-hybridized carbons (Fsp3) is 0.290. The molecule has 0 spiro atoms. The number of carbonyl (C=O) groups is 2. The Kier molecular flexibility index (Phi) is 7.03. The Morgan fingerprint density at radius 1 is 1.31 bits per heavy atom. The van der Waals surface area contributed by atoms with E-state index in [-0.39, 0.29) is 34.8 Å². The van der Waals surface area contributed by atoms with Gasteiger partial charge in [-0.25, -0.2) is 10.0 Å². The van der Waals surface area contributed by atoms with E-state index in [2.05, 4.69) is 26.2 Å². The summed E-state index contributed by atoms with van der Waals surface area (Å²) in [6.45, 7) is 11.8. The highest BCUT2D eigenvalue weighted by Crippen LogP contribution is 2.48.